The molecule has 0 aliphatic rings. The number of aryl methyl sites for hydroxylation is 1. The lowest BCUT2D eigenvalue weighted by Gasteiger charge is -2.22. The van der Waals surface area contributed by atoms with Gasteiger partial charge in [-0.15, -0.1) is 11.3 Å². The molecule has 0 atom stereocenters. The molecule has 16 heavy (non-hydrogen) atoms. The van der Waals surface area contributed by atoms with Crippen LogP contribution in [0.4, 0.5) is 0 Å². The Morgan fingerprint density at radius 3 is 2.44 bits per heavy atom. The molecule has 1 nitrogen and oxygen atoms in total. The summed E-state index contributed by atoms with van der Waals surface area (Å²) in [4.78, 5) is 5.91. The quantitative estimate of drug-likeness (QED) is 0.777. The lowest BCUT2D eigenvalue weighted by molar-refractivity contribution is 0.635. The average molecular weight is 231 g/mol. The van der Waals surface area contributed by atoms with Crippen LogP contribution in [0.2, 0.25) is 0 Å². The molecule has 0 saturated heterocycles. The summed E-state index contributed by atoms with van der Waals surface area (Å²) in [5.74, 6) is 0. The Bertz CT molecular complexity index is 457. The number of nitrogens with zero attached hydrogens (tertiary/aromatic N) is 1. The summed E-state index contributed by atoms with van der Waals surface area (Å²) in [5, 5.41) is 1.20. The van der Waals surface area contributed by atoms with Crippen LogP contribution in [0.3, 0.4) is 0 Å². The fourth-order valence-electron chi connectivity index (χ4n) is 1.74. The summed E-state index contributed by atoms with van der Waals surface area (Å²) in [5.41, 5.74) is 1.34. The zero-order valence-corrected chi connectivity index (χ0v) is 10.8. The molecule has 0 amide bonds. The van der Waals surface area contributed by atoms with E-state index in [0.29, 0.717) is 0 Å². The summed E-state index contributed by atoms with van der Waals surface area (Å²) < 4.78 is 0. The molecule has 0 fully saturated rings. The lowest BCUT2D eigenvalue weighted by atomic mass is 9.85. The predicted molar refractivity (Wildman–Crippen MR) is 70.1 cm³/mol. The van der Waals surface area contributed by atoms with Crippen LogP contribution in [0, 0.1) is 0 Å². The Morgan fingerprint density at radius 1 is 1.19 bits per heavy atom. The molecule has 2 heteroatoms. The zero-order valence-electron chi connectivity index (χ0n) is 10.0. The van der Waals surface area contributed by atoms with E-state index in [-0.39, 0.29) is 5.41 Å². The Kier molecular flexibility index (Phi) is 3.10. The summed E-state index contributed by atoms with van der Waals surface area (Å²) in [7, 11) is 0. The van der Waals surface area contributed by atoms with Crippen LogP contribution in [0.25, 0.3) is 0 Å². The van der Waals surface area contributed by atoms with Gasteiger partial charge in [0, 0.05) is 16.5 Å². The fourth-order valence-corrected chi connectivity index (χ4v) is 2.71. The summed E-state index contributed by atoms with van der Waals surface area (Å²) >= 11 is 1.82. The topological polar surface area (TPSA) is 12.9 Å². The molecule has 0 radical (unpaired) electrons. The van der Waals surface area contributed by atoms with Crippen molar-refractivity contribution in [1.82, 2.24) is 4.98 Å². The van der Waals surface area contributed by atoms with E-state index in [4.69, 9.17) is 0 Å². The molecule has 1 heterocycles. The van der Waals surface area contributed by atoms with Crippen LogP contribution in [0.5, 0.6) is 0 Å². The van der Waals surface area contributed by atoms with E-state index in [1.54, 1.807) is 0 Å². The summed E-state index contributed by atoms with van der Waals surface area (Å²) in [6.07, 6.45) is 3.08. The molecule has 0 bridgehead atoms. The highest BCUT2D eigenvalue weighted by molar-refractivity contribution is 7.11. The van der Waals surface area contributed by atoms with Gasteiger partial charge in [-0.05, 0) is 25.8 Å². The average Bonchev–Trinajstić information content (AvgIpc) is 2.79. The van der Waals surface area contributed by atoms with E-state index in [2.05, 4.69) is 56.1 Å². The second-order valence-corrected chi connectivity index (χ2v) is 5.59. The molecule has 1 aromatic carbocycles. The molecule has 0 saturated carbocycles. The molecular weight excluding hydrogens is 214 g/mol. The van der Waals surface area contributed by atoms with Gasteiger partial charge in [-0.25, -0.2) is 4.98 Å². The monoisotopic (exact) mass is 231 g/mol. The van der Waals surface area contributed by atoms with Crippen molar-refractivity contribution in [3.8, 4) is 0 Å². The minimum absolute atomic E-state index is 0.0132. The molecule has 0 aliphatic carbocycles. The van der Waals surface area contributed by atoms with Gasteiger partial charge in [-0.3, -0.25) is 0 Å². The first-order valence-corrected chi connectivity index (χ1v) is 6.47. The number of thiazole rings is 1. The highest BCUT2D eigenvalue weighted by Gasteiger charge is 2.26. The van der Waals surface area contributed by atoms with Gasteiger partial charge in [-0.2, -0.15) is 0 Å². The Labute approximate surface area is 101 Å². The van der Waals surface area contributed by atoms with E-state index in [0.717, 1.165) is 6.42 Å². The SMILES string of the molecule is CCc1cnc(C(C)(C)c2ccccc2)s1. The van der Waals surface area contributed by atoms with Gasteiger partial charge in [0.15, 0.2) is 0 Å². The summed E-state index contributed by atoms with van der Waals surface area (Å²) in [6, 6.07) is 10.6. The maximum absolute atomic E-state index is 4.55. The molecule has 2 aromatic rings. The van der Waals surface area contributed by atoms with Gasteiger partial charge in [-0.1, -0.05) is 37.3 Å². The molecule has 0 aliphatic heterocycles. The Balaban J connectivity index is 2.38. The third-order valence-corrected chi connectivity index (χ3v) is 4.40. The second kappa shape index (κ2) is 4.38. The van der Waals surface area contributed by atoms with Crippen LogP contribution in [0.1, 0.15) is 36.2 Å². The minimum atomic E-state index is 0.0132. The van der Waals surface area contributed by atoms with Crippen LogP contribution in [0.15, 0.2) is 36.5 Å². The molecule has 84 valence electrons. The molecule has 1 aromatic heterocycles. The number of rotatable bonds is 3. The van der Waals surface area contributed by atoms with Gasteiger partial charge < -0.3 is 0 Å². The highest BCUT2D eigenvalue weighted by atomic mass is 32.1. The van der Waals surface area contributed by atoms with Crippen LogP contribution in [-0.2, 0) is 11.8 Å². The molecule has 0 unspecified atom stereocenters. The van der Waals surface area contributed by atoms with E-state index < -0.39 is 0 Å². The zero-order chi connectivity index (χ0) is 11.6. The largest absolute Gasteiger partial charge is 0.248 e. The summed E-state index contributed by atoms with van der Waals surface area (Å²) in [6.45, 7) is 6.65. The van der Waals surface area contributed by atoms with Crippen molar-refractivity contribution in [3.05, 3.63) is 52.0 Å². The van der Waals surface area contributed by atoms with Crippen molar-refractivity contribution in [2.24, 2.45) is 0 Å². The van der Waals surface area contributed by atoms with Crippen molar-refractivity contribution >= 4 is 11.3 Å². The third kappa shape index (κ3) is 2.03. The van der Waals surface area contributed by atoms with Crippen molar-refractivity contribution in [3.63, 3.8) is 0 Å². The Hall–Kier alpha value is -1.15. The maximum Gasteiger partial charge on any atom is 0.103 e. The number of aromatic nitrogens is 1. The van der Waals surface area contributed by atoms with Crippen LogP contribution >= 0.6 is 11.3 Å². The van der Waals surface area contributed by atoms with Crippen molar-refractivity contribution < 1.29 is 0 Å². The number of hydrogen-bond acceptors (Lipinski definition) is 2. The van der Waals surface area contributed by atoms with E-state index in [1.165, 1.54) is 15.4 Å². The van der Waals surface area contributed by atoms with Crippen LogP contribution < -0.4 is 0 Å². The lowest BCUT2D eigenvalue weighted by Crippen LogP contribution is -2.18. The normalized spacial score (nSPS) is 11.7. The van der Waals surface area contributed by atoms with Gasteiger partial charge in [0.2, 0.25) is 0 Å². The van der Waals surface area contributed by atoms with Crippen molar-refractivity contribution in [2.75, 3.05) is 0 Å². The molecule has 0 spiro atoms. The molecular formula is C14H17NS. The second-order valence-electron chi connectivity index (χ2n) is 4.48. The standard InChI is InChI=1S/C14H17NS/c1-4-12-10-15-13(16-12)14(2,3)11-8-6-5-7-9-11/h5-10H,4H2,1-3H3. The Morgan fingerprint density at radius 2 is 1.88 bits per heavy atom. The van der Waals surface area contributed by atoms with Gasteiger partial charge in [0.25, 0.3) is 0 Å². The minimum Gasteiger partial charge on any atom is -0.248 e. The third-order valence-electron chi connectivity index (χ3n) is 2.93. The van der Waals surface area contributed by atoms with E-state index in [1.807, 2.05) is 17.5 Å². The van der Waals surface area contributed by atoms with Crippen molar-refractivity contribution in [2.45, 2.75) is 32.6 Å². The maximum atomic E-state index is 4.55. The molecule has 2 rings (SSSR count). The van der Waals surface area contributed by atoms with Crippen molar-refractivity contribution in [1.29, 1.82) is 0 Å². The smallest absolute Gasteiger partial charge is 0.103 e. The first-order chi connectivity index (χ1) is 7.64. The van der Waals surface area contributed by atoms with E-state index in [9.17, 15) is 0 Å². The fraction of sp³-hybridized carbons (Fsp3) is 0.357. The highest BCUT2D eigenvalue weighted by Crippen LogP contribution is 2.33. The predicted octanol–water partition coefficient (Wildman–Crippen LogP) is 4.03. The van der Waals surface area contributed by atoms with Gasteiger partial charge >= 0.3 is 0 Å². The molecule has 0 N–H and O–H groups in total. The number of benzene rings is 1. The first-order valence-electron chi connectivity index (χ1n) is 5.65. The first kappa shape index (κ1) is 11.3. The van der Waals surface area contributed by atoms with Crippen LogP contribution in [-0.4, -0.2) is 4.98 Å². The van der Waals surface area contributed by atoms with Gasteiger partial charge in [0.1, 0.15) is 5.01 Å². The number of hydrogen-bond donors (Lipinski definition) is 0. The van der Waals surface area contributed by atoms with E-state index >= 15 is 0 Å². The van der Waals surface area contributed by atoms with Gasteiger partial charge in [0.05, 0.1) is 0 Å².